The molecule has 6 heteroatoms. The lowest BCUT2D eigenvalue weighted by atomic mass is 9.73. The van der Waals surface area contributed by atoms with Gasteiger partial charge in [-0.05, 0) is 48.7 Å². The van der Waals surface area contributed by atoms with E-state index in [1.54, 1.807) is 43.6 Å². The molecule has 0 radical (unpaired) electrons. The van der Waals surface area contributed by atoms with Gasteiger partial charge in [0.15, 0.2) is 0 Å². The number of ketones is 2. The number of nitrogens with one attached hydrogen (secondary N) is 1. The van der Waals surface area contributed by atoms with E-state index in [1.165, 1.54) is 0 Å². The molecule has 3 rings (SSSR count). The van der Waals surface area contributed by atoms with Gasteiger partial charge in [0.1, 0.15) is 0 Å². The van der Waals surface area contributed by atoms with E-state index in [1.807, 2.05) is 12.1 Å². The van der Waals surface area contributed by atoms with E-state index in [-0.39, 0.29) is 23.5 Å². The van der Waals surface area contributed by atoms with Crippen LogP contribution in [0.3, 0.4) is 0 Å². The van der Waals surface area contributed by atoms with Crippen molar-refractivity contribution in [3.05, 3.63) is 65.5 Å². The van der Waals surface area contributed by atoms with E-state index in [9.17, 15) is 14.4 Å². The van der Waals surface area contributed by atoms with Gasteiger partial charge in [0, 0.05) is 18.9 Å². The molecule has 1 N–H and O–H groups in total. The molecule has 134 valence electrons. The Balaban J connectivity index is 1.61. The van der Waals surface area contributed by atoms with Crippen LogP contribution in [0.1, 0.15) is 28.4 Å². The molecule has 1 aromatic carbocycles. The van der Waals surface area contributed by atoms with Gasteiger partial charge in [-0.2, -0.15) is 0 Å². The molecular formula is C20H20N2O4. The molecule has 0 bridgehead atoms. The third-order valence-corrected chi connectivity index (χ3v) is 4.46. The lowest BCUT2D eigenvalue weighted by Gasteiger charge is -2.34. The number of carbonyl (C=O) groups excluding carboxylic acids is 3. The van der Waals surface area contributed by atoms with Crippen molar-refractivity contribution >= 4 is 17.5 Å². The summed E-state index contributed by atoms with van der Waals surface area (Å²) >= 11 is 0. The quantitative estimate of drug-likeness (QED) is 0.603. The van der Waals surface area contributed by atoms with Crippen molar-refractivity contribution in [1.29, 1.82) is 0 Å². The normalized spacial score (nSPS) is 19.1. The SMILES string of the molecule is CCOC(=O)c1ccc(CC2C(=O)C(=O)C2NCc2ccncc2)cc1. The summed E-state index contributed by atoms with van der Waals surface area (Å²) in [6.07, 6.45) is 3.84. The van der Waals surface area contributed by atoms with Crippen LogP contribution >= 0.6 is 0 Å². The Labute approximate surface area is 151 Å². The highest BCUT2D eigenvalue weighted by atomic mass is 16.5. The maximum atomic E-state index is 12.0. The first kappa shape index (κ1) is 17.9. The minimum absolute atomic E-state index is 0.324. The molecule has 26 heavy (non-hydrogen) atoms. The lowest BCUT2D eigenvalue weighted by Crippen LogP contribution is -2.60. The van der Waals surface area contributed by atoms with Crippen molar-refractivity contribution in [1.82, 2.24) is 10.3 Å². The van der Waals surface area contributed by atoms with Gasteiger partial charge in [0.2, 0.25) is 11.6 Å². The van der Waals surface area contributed by atoms with E-state index < -0.39 is 6.04 Å². The predicted octanol–water partition coefficient (Wildman–Crippen LogP) is 1.73. The van der Waals surface area contributed by atoms with E-state index in [2.05, 4.69) is 10.3 Å². The summed E-state index contributed by atoms with van der Waals surface area (Å²) in [5, 5.41) is 3.16. The van der Waals surface area contributed by atoms with Crippen LogP contribution in [0.5, 0.6) is 0 Å². The van der Waals surface area contributed by atoms with E-state index >= 15 is 0 Å². The van der Waals surface area contributed by atoms with Gasteiger partial charge >= 0.3 is 5.97 Å². The predicted molar refractivity (Wildman–Crippen MR) is 94.5 cm³/mol. The topological polar surface area (TPSA) is 85.4 Å². The smallest absolute Gasteiger partial charge is 0.338 e. The number of pyridine rings is 1. The average molecular weight is 352 g/mol. The number of aromatic nitrogens is 1. The first-order chi connectivity index (χ1) is 12.6. The lowest BCUT2D eigenvalue weighted by molar-refractivity contribution is -0.149. The van der Waals surface area contributed by atoms with E-state index in [0.29, 0.717) is 25.1 Å². The third kappa shape index (κ3) is 3.86. The Morgan fingerprint density at radius 1 is 1.04 bits per heavy atom. The zero-order valence-electron chi connectivity index (χ0n) is 14.5. The minimum Gasteiger partial charge on any atom is -0.462 e. The van der Waals surface area contributed by atoms with Gasteiger partial charge in [0.25, 0.3) is 0 Å². The van der Waals surface area contributed by atoms with Crippen LogP contribution in [0.2, 0.25) is 0 Å². The molecule has 2 unspecified atom stereocenters. The number of esters is 1. The molecule has 1 fully saturated rings. The number of carbonyl (C=O) groups is 3. The largest absolute Gasteiger partial charge is 0.462 e. The number of ether oxygens (including phenoxy) is 1. The Morgan fingerprint density at radius 2 is 1.73 bits per heavy atom. The molecule has 6 nitrogen and oxygen atoms in total. The molecule has 0 spiro atoms. The maximum Gasteiger partial charge on any atom is 0.338 e. The Hall–Kier alpha value is -2.86. The molecular weight excluding hydrogens is 332 g/mol. The standard InChI is InChI=1S/C20H20N2O4/c1-2-26-20(25)15-5-3-13(4-6-15)11-16-17(19(24)18(16)23)22-12-14-7-9-21-10-8-14/h3-10,16-17,22H,2,11-12H2,1H3. The minimum atomic E-state index is -0.472. The summed E-state index contributed by atoms with van der Waals surface area (Å²) < 4.78 is 4.95. The molecule has 0 aliphatic heterocycles. The van der Waals surface area contributed by atoms with E-state index in [0.717, 1.165) is 11.1 Å². The summed E-state index contributed by atoms with van der Waals surface area (Å²) in [5.41, 5.74) is 2.38. The average Bonchev–Trinajstić information content (AvgIpc) is 2.68. The van der Waals surface area contributed by atoms with Gasteiger partial charge in [-0.3, -0.25) is 14.6 Å². The first-order valence-corrected chi connectivity index (χ1v) is 8.56. The van der Waals surface area contributed by atoms with Crippen molar-refractivity contribution in [3.8, 4) is 0 Å². The highest BCUT2D eigenvalue weighted by Gasteiger charge is 2.48. The van der Waals surface area contributed by atoms with Crippen LogP contribution in [0.15, 0.2) is 48.8 Å². The molecule has 1 saturated carbocycles. The molecule has 1 aromatic heterocycles. The van der Waals surface area contributed by atoms with Crippen LogP contribution in [0.4, 0.5) is 0 Å². The number of benzene rings is 1. The molecule has 1 heterocycles. The van der Waals surface area contributed by atoms with E-state index in [4.69, 9.17) is 4.74 Å². The summed E-state index contributed by atoms with van der Waals surface area (Å²) in [4.78, 5) is 39.5. The highest BCUT2D eigenvalue weighted by Crippen LogP contribution is 2.25. The van der Waals surface area contributed by atoms with Gasteiger partial charge in [0.05, 0.1) is 24.1 Å². The zero-order valence-corrected chi connectivity index (χ0v) is 14.5. The van der Waals surface area contributed by atoms with Gasteiger partial charge in [-0.25, -0.2) is 4.79 Å². The van der Waals surface area contributed by atoms with Crippen LogP contribution in [-0.4, -0.2) is 35.2 Å². The fourth-order valence-corrected chi connectivity index (χ4v) is 2.99. The number of Topliss-reactive ketones (excluding diaryl/α,β-unsaturated/α-hetero) is 2. The molecule has 1 aliphatic rings. The van der Waals surface area contributed by atoms with Crippen molar-refractivity contribution in [2.75, 3.05) is 6.61 Å². The molecule has 2 atom stereocenters. The third-order valence-electron chi connectivity index (χ3n) is 4.46. The molecule has 1 aliphatic carbocycles. The fourth-order valence-electron chi connectivity index (χ4n) is 2.99. The molecule has 0 saturated heterocycles. The first-order valence-electron chi connectivity index (χ1n) is 8.56. The summed E-state index contributed by atoms with van der Waals surface area (Å²) in [6.45, 7) is 2.58. The summed E-state index contributed by atoms with van der Waals surface area (Å²) in [7, 11) is 0. The second-order valence-electron chi connectivity index (χ2n) is 6.17. The van der Waals surface area contributed by atoms with Crippen LogP contribution in [0, 0.1) is 5.92 Å². The van der Waals surface area contributed by atoms with Gasteiger partial charge in [-0.15, -0.1) is 0 Å². The van der Waals surface area contributed by atoms with Crippen LogP contribution < -0.4 is 5.32 Å². The second-order valence-corrected chi connectivity index (χ2v) is 6.17. The fraction of sp³-hybridized carbons (Fsp3) is 0.300. The number of rotatable bonds is 7. The number of hydrogen-bond acceptors (Lipinski definition) is 6. The van der Waals surface area contributed by atoms with Crippen molar-refractivity contribution in [2.24, 2.45) is 5.92 Å². The van der Waals surface area contributed by atoms with Gasteiger partial charge < -0.3 is 10.1 Å². The van der Waals surface area contributed by atoms with Crippen LogP contribution in [0.25, 0.3) is 0 Å². The monoisotopic (exact) mass is 352 g/mol. The number of hydrogen-bond donors (Lipinski definition) is 1. The highest BCUT2D eigenvalue weighted by molar-refractivity contribution is 6.47. The van der Waals surface area contributed by atoms with Crippen molar-refractivity contribution in [3.63, 3.8) is 0 Å². The summed E-state index contributed by atoms with van der Waals surface area (Å²) in [6, 6.07) is 10.2. The molecule has 0 amide bonds. The summed E-state index contributed by atoms with van der Waals surface area (Å²) in [5.74, 6) is -1.46. The number of nitrogens with zero attached hydrogens (tertiary/aromatic N) is 1. The Morgan fingerprint density at radius 3 is 2.38 bits per heavy atom. The van der Waals surface area contributed by atoms with Crippen molar-refractivity contribution < 1.29 is 19.1 Å². The Bertz CT molecular complexity index is 802. The van der Waals surface area contributed by atoms with Gasteiger partial charge in [-0.1, -0.05) is 12.1 Å². The second kappa shape index (κ2) is 8.01. The zero-order chi connectivity index (χ0) is 18.5. The van der Waals surface area contributed by atoms with Crippen LogP contribution in [-0.2, 0) is 27.3 Å². The Kier molecular flexibility index (Phi) is 5.53. The van der Waals surface area contributed by atoms with Crippen molar-refractivity contribution in [2.45, 2.75) is 25.9 Å². The molecule has 2 aromatic rings. The maximum absolute atomic E-state index is 12.0.